The van der Waals surface area contributed by atoms with Crippen LogP contribution in [0.15, 0.2) is 48.5 Å². The quantitative estimate of drug-likeness (QED) is 0.801. The summed E-state index contributed by atoms with van der Waals surface area (Å²) >= 11 is 0. The van der Waals surface area contributed by atoms with E-state index in [1.54, 1.807) is 12.1 Å². The molecule has 1 atom stereocenters. The summed E-state index contributed by atoms with van der Waals surface area (Å²) in [7, 11) is 0. The van der Waals surface area contributed by atoms with Crippen LogP contribution in [0.25, 0.3) is 0 Å². The number of carbonyl (C=O) groups is 1. The molecule has 2 N–H and O–H groups in total. The van der Waals surface area contributed by atoms with Gasteiger partial charge in [0, 0.05) is 6.54 Å². The maximum atomic E-state index is 10.8. The highest BCUT2D eigenvalue weighted by Gasteiger charge is 2.20. The lowest BCUT2D eigenvalue weighted by atomic mass is 9.98. The Morgan fingerprint density at radius 3 is 2.68 bits per heavy atom. The van der Waals surface area contributed by atoms with Crippen molar-refractivity contribution in [1.82, 2.24) is 5.32 Å². The number of aromatic carboxylic acids is 1. The normalized spacial score (nSPS) is 16.5. The molecule has 0 amide bonds. The summed E-state index contributed by atoms with van der Waals surface area (Å²) in [5.74, 6) is -0.197. The molecular weight excluding hydrogens is 274 g/mol. The van der Waals surface area contributed by atoms with E-state index in [2.05, 4.69) is 29.6 Å². The highest BCUT2D eigenvalue weighted by atomic mass is 16.4. The van der Waals surface area contributed by atoms with Crippen LogP contribution in [0.2, 0.25) is 0 Å². The average molecular weight is 295 g/mol. The molecule has 1 aliphatic rings. The van der Waals surface area contributed by atoms with Gasteiger partial charge < -0.3 is 10.4 Å². The van der Waals surface area contributed by atoms with Crippen molar-refractivity contribution in [3.8, 4) is 0 Å². The van der Waals surface area contributed by atoms with Crippen LogP contribution in [0.5, 0.6) is 0 Å². The van der Waals surface area contributed by atoms with Crippen molar-refractivity contribution in [2.24, 2.45) is 0 Å². The van der Waals surface area contributed by atoms with Crippen molar-refractivity contribution in [2.75, 3.05) is 6.54 Å². The van der Waals surface area contributed by atoms with Crippen LogP contribution in [-0.4, -0.2) is 17.6 Å². The SMILES string of the molecule is O=C(O)c1ccc(CNCCC2CCc3ccccc32)cc1. The van der Waals surface area contributed by atoms with E-state index >= 15 is 0 Å². The number of rotatable bonds is 6. The molecule has 1 unspecified atom stereocenters. The van der Waals surface area contributed by atoms with Crippen molar-refractivity contribution in [3.05, 3.63) is 70.8 Å². The Bertz CT molecular complexity index is 649. The van der Waals surface area contributed by atoms with Gasteiger partial charge in [-0.15, -0.1) is 0 Å². The highest BCUT2D eigenvalue weighted by Crippen LogP contribution is 2.34. The second kappa shape index (κ2) is 6.75. The van der Waals surface area contributed by atoms with Crippen molar-refractivity contribution < 1.29 is 9.90 Å². The number of carboxylic acid groups (broad SMARTS) is 1. The molecule has 22 heavy (non-hydrogen) atoms. The van der Waals surface area contributed by atoms with Gasteiger partial charge >= 0.3 is 5.97 Å². The number of aryl methyl sites for hydroxylation is 1. The van der Waals surface area contributed by atoms with E-state index in [0.29, 0.717) is 11.5 Å². The highest BCUT2D eigenvalue weighted by molar-refractivity contribution is 5.87. The fraction of sp³-hybridized carbons (Fsp3) is 0.316. The third kappa shape index (κ3) is 3.37. The topological polar surface area (TPSA) is 49.3 Å². The van der Waals surface area contributed by atoms with Crippen molar-refractivity contribution in [1.29, 1.82) is 0 Å². The van der Waals surface area contributed by atoms with E-state index in [0.717, 1.165) is 25.1 Å². The summed E-state index contributed by atoms with van der Waals surface area (Å²) in [5.41, 5.74) is 4.50. The number of hydrogen-bond donors (Lipinski definition) is 2. The maximum Gasteiger partial charge on any atom is 0.335 e. The summed E-state index contributed by atoms with van der Waals surface area (Å²) in [6, 6.07) is 15.8. The predicted octanol–water partition coefficient (Wildman–Crippen LogP) is 3.59. The van der Waals surface area contributed by atoms with Gasteiger partial charge in [-0.3, -0.25) is 0 Å². The summed E-state index contributed by atoms with van der Waals surface area (Å²) in [6.07, 6.45) is 3.62. The first-order valence-corrected chi connectivity index (χ1v) is 7.85. The first-order valence-electron chi connectivity index (χ1n) is 7.85. The van der Waals surface area contributed by atoms with Gasteiger partial charge in [0.1, 0.15) is 0 Å². The number of hydrogen-bond acceptors (Lipinski definition) is 2. The lowest BCUT2D eigenvalue weighted by molar-refractivity contribution is 0.0697. The van der Waals surface area contributed by atoms with E-state index in [9.17, 15) is 4.79 Å². The smallest absolute Gasteiger partial charge is 0.335 e. The maximum absolute atomic E-state index is 10.8. The molecule has 0 heterocycles. The minimum absolute atomic E-state index is 0.339. The van der Waals surface area contributed by atoms with Crippen molar-refractivity contribution >= 4 is 5.97 Å². The number of fused-ring (bicyclic) bond motifs is 1. The molecule has 0 aromatic heterocycles. The number of nitrogens with one attached hydrogen (secondary N) is 1. The number of carboxylic acids is 1. The third-order valence-corrected chi connectivity index (χ3v) is 4.46. The second-order valence-electron chi connectivity index (χ2n) is 5.90. The zero-order chi connectivity index (χ0) is 15.4. The standard InChI is InChI=1S/C19H21NO2/c21-19(22)17-7-5-14(6-8-17)13-20-12-11-16-10-9-15-3-1-2-4-18(15)16/h1-8,16,20H,9-13H2,(H,21,22). The first-order chi connectivity index (χ1) is 10.7. The summed E-state index contributed by atoms with van der Waals surface area (Å²) in [5, 5.41) is 12.3. The zero-order valence-corrected chi connectivity index (χ0v) is 12.6. The van der Waals surface area contributed by atoms with E-state index in [1.165, 1.54) is 24.0 Å². The minimum atomic E-state index is -0.876. The Morgan fingerprint density at radius 2 is 1.91 bits per heavy atom. The van der Waals surface area contributed by atoms with Crippen LogP contribution >= 0.6 is 0 Å². The Kier molecular flexibility index (Phi) is 4.54. The van der Waals surface area contributed by atoms with E-state index in [-0.39, 0.29) is 0 Å². The van der Waals surface area contributed by atoms with Crippen molar-refractivity contribution in [3.63, 3.8) is 0 Å². The Labute approximate surface area is 131 Å². The van der Waals surface area contributed by atoms with Crippen LogP contribution in [0.3, 0.4) is 0 Å². The fourth-order valence-corrected chi connectivity index (χ4v) is 3.22. The molecule has 0 spiro atoms. The van der Waals surface area contributed by atoms with Gasteiger partial charge in [-0.05, 0) is 60.5 Å². The van der Waals surface area contributed by atoms with Crippen molar-refractivity contribution in [2.45, 2.75) is 31.7 Å². The molecule has 0 fully saturated rings. The molecule has 1 aliphatic carbocycles. The predicted molar refractivity (Wildman–Crippen MR) is 87.2 cm³/mol. The molecule has 0 aliphatic heterocycles. The van der Waals surface area contributed by atoms with Gasteiger partial charge in [-0.25, -0.2) is 4.79 Å². The molecule has 2 aromatic carbocycles. The van der Waals surface area contributed by atoms with Gasteiger partial charge in [-0.2, -0.15) is 0 Å². The van der Waals surface area contributed by atoms with Gasteiger partial charge in [0.15, 0.2) is 0 Å². The molecule has 0 saturated carbocycles. The minimum Gasteiger partial charge on any atom is -0.478 e. The summed E-state index contributed by atoms with van der Waals surface area (Å²) in [6.45, 7) is 1.77. The van der Waals surface area contributed by atoms with Gasteiger partial charge in [0.25, 0.3) is 0 Å². The molecule has 0 bridgehead atoms. The molecule has 3 nitrogen and oxygen atoms in total. The van der Waals surface area contributed by atoms with E-state index in [1.807, 2.05) is 12.1 Å². The zero-order valence-electron chi connectivity index (χ0n) is 12.6. The van der Waals surface area contributed by atoms with Crippen LogP contribution in [0.1, 0.15) is 45.8 Å². The van der Waals surface area contributed by atoms with Crippen LogP contribution in [-0.2, 0) is 13.0 Å². The van der Waals surface area contributed by atoms with E-state index < -0.39 is 5.97 Å². The van der Waals surface area contributed by atoms with Crippen LogP contribution < -0.4 is 5.32 Å². The molecule has 3 rings (SSSR count). The molecule has 3 heteroatoms. The second-order valence-corrected chi connectivity index (χ2v) is 5.90. The molecular formula is C19H21NO2. The van der Waals surface area contributed by atoms with Gasteiger partial charge in [-0.1, -0.05) is 36.4 Å². The molecule has 0 radical (unpaired) electrons. The Morgan fingerprint density at radius 1 is 1.14 bits per heavy atom. The Hall–Kier alpha value is -2.13. The lowest BCUT2D eigenvalue weighted by Crippen LogP contribution is -2.16. The van der Waals surface area contributed by atoms with E-state index in [4.69, 9.17) is 5.11 Å². The van der Waals surface area contributed by atoms with Gasteiger partial charge in [0.2, 0.25) is 0 Å². The van der Waals surface area contributed by atoms with Crippen LogP contribution in [0, 0.1) is 0 Å². The Balaban J connectivity index is 1.45. The molecule has 114 valence electrons. The van der Waals surface area contributed by atoms with Crippen LogP contribution in [0.4, 0.5) is 0 Å². The molecule has 0 saturated heterocycles. The van der Waals surface area contributed by atoms with Gasteiger partial charge in [0.05, 0.1) is 5.56 Å². The fourth-order valence-electron chi connectivity index (χ4n) is 3.22. The summed E-state index contributed by atoms with van der Waals surface area (Å²) in [4.78, 5) is 10.8. The monoisotopic (exact) mass is 295 g/mol. The third-order valence-electron chi connectivity index (χ3n) is 4.46. The average Bonchev–Trinajstić information content (AvgIpc) is 2.95. The first kappa shape index (κ1) is 14.8. The lowest BCUT2D eigenvalue weighted by Gasteiger charge is -2.12. The summed E-state index contributed by atoms with van der Waals surface area (Å²) < 4.78 is 0. The molecule has 2 aromatic rings. The number of benzene rings is 2. The largest absolute Gasteiger partial charge is 0.478 e.